The number of rotatable bonds is 4. The molecule has 0 radical (unpaired) electrons. The van der Waals surface area contributed by atoms with Crippen LogP contribution in [0.25, 0.3) is 10.2 Å². The predicted molar refractivity (Wildman–Crippen MR) is 103 cm³/mol. The predicted octanol–water partition coefficient (Wildman–Crippen LogP) is 4.69. The number of ether oxygens (including phenoxy) is 1. The molecule has 0 amide bonds. The van der Waals surface area contributed by atoms with Crippen LogP contribution in [0.3, 0.4) is 0 Å². The number of thiazole rings is 1. The summed E-state index contributed by atoms with van der Waals surface area (Å²) in [5.41, 5.74) is -0.275. The van der Waals surface area contributed by atoms with E-state index in [1.807, 2.05) is 0 Å². The lowest BCUT2D eigenvalue weighted by Crippen LogP contribution is -2.41. The smallest absolute Gasteiger partial charge is 0.416 e. The summed E-state index contributed by atoms with van der Waals surface area (Å²) >= 11 is 1.21. The van der Waals surface area contributed by atoms with Crippen LogP contribution in [0.2, 0.25) is 0 Å². The molecule has 3 aromatic rings. The maximum Gasteiger partial charge on any atom is 0.416 e. The molecule has 2 heterocycles. The second kappa shape index (κ2) is 7.78. The number of hydrogen-bond donors (Lipinski definition) is 0. The Morgan fingerprint density at radius 1 is 1.07 bits per heavy atom. The van der Waals surface area contributed by atoms with Gasteiger partial charge in [0.05, 0.1) is 20.7 Å². The van der Waals surface area contributed by atoms with Crippen LogP contribution in [-0.4, -0.2) is 36.9 Å². The van der Waals surface area contributed by atoms with Crippen molar-refractivity contribution in [2.24, 2.45) is 0 Å². The standard InChI is InChI=1S/C19H16F4N2O3S2/c20-13-3-6-16-17(11-13)29-18(24-16)28-14-7-9-25(10-8-14)30(26,27)15-4-1-12(2-5-15)19(21,22)23/h1-6,11,14H,7-10H2. The minimum Gasteiger partial charge on any atom is -0.467 e. The Morgan fingerprint density at radius 3 is 2.37 bits per heavy atom. The van der Waals surface area contributed by atoms with Crippen LogP contribution in [0.4, 0.5) is 17.6 Å². The Balaban J connectivity index is 1.40. The van der Waals surface area contributed by atoms with Crippen molar-refractivity contribution in [3.8, 4) is 5.19 Å². The van der Waals surface area contributed by atoms with E-state index < -0.39 is 21.8 Å². The lowest BCUT2D eigenvalue weighted by molar-refractivity contribution is -0.137. The topological polar surface area (TPSA) is 59.5 Å². The second-order valence-corrected chi connectivity index (χ2v) is 9.77. The van der Waals surface area contributed by atoms with E-state index in [4.69, 9.17) is 4.74 Å². The summed E-state index contributed by atoms with van der Waals surface area (Å²) in [5, 5.41) is 0.389. The Labute approximate surface area is 174 Å². The van der Waals surface area contributed by atoms with Crippen LogP contribution in [0.15, 0.2) is 47.4 Å². The van der Waals surface area contributed by atoms with Gasteiger partial charge in [-0.05, 0) is 55.3 Å². The van der Waals surface area contributed by atoms with Gasteiger partial charge in [-0.2, -0.15) is 17.5 Å². The van der Waals surface area contributed by atoms with E-state index in [1.54, 1.807) is 6.07 Å². The van der Waals surface area contributed by atoms with Crippen molar-refractivity contribution in [1.82, 2.24) is 9.29 Å². The molecule has 160 valence electrons. The minimum atomic E-state index is -4.52. The van der Waals surface area contributed by atoms with Crippen LogP contribution in [0.5, 0.6) is 5.19 Å². The van der Waals surface area contributed by atoms with E-state index in [0.717, 1.165) is 24.3 Å². The first kappa shape index (κ1) is 21.0. The van der Waals surface area contributed by atoms with Gasteiger partial charge in [0.2, 0.25) is 10.0 Å². The molecule has 11 heteroatoms. The number of aromatic nitrogens is 1. The molecule has 0 N–H and O–H groups in total. The summed E-state index contributed by atoms with van der Waals surface area (Å²) in [7, 11) is -3.89. The first-order valence-corrected chi connectivity index (χ1v) is 11.3. The molecule has 2 aromatic carbocycles. The number of fused-ring (bicyclic) bond motifs is 1. The Kier molecular flexibility index (Phi) is 5.45. The van der Waals surface area contributed by atoms with Crippen molar-refractivity contribution in [2.75, 3.05) is 13.1 Å². The largest absolute Gasteiger partial charge is 0.467 e. The monoisotopic (exact) mass is 460 g/mol. The van der Waals surface area contributed by atoms with E-state index in [2.05, 4.69) is 4.98 Å². The summed E-state index contributed by atoms with van der Waals surface area (Å²) in [5.74, 6) is -0.362. The van der Waals surface area contributed by atoms with Crippen LogP contribution in [-0.2, 0) is 16.2 Å². The molecule has 4 rings (SSSR count). The SMILES string of the molecule is O=S(=O)(c1ccc(C(F)(F)F)cc1)N1CCC(Oc2nc3ccc(F)cc3s2)CC1. The molecule has 0 saturated carbocycles. The third-order valence-corrected chi connectivity index (χ3v) is 7.64. The van der Waals surface area contributed by atoms with Crippen LogP contribution in [0.1, 0.15) is 18.4 Å². The summed E-state index contributed by atoms with van der Waals surface area (Å²) in [6, 6.07) is 7.72. The van der Waals surface area contributed by atoms with Gasteiger partial charge < -0.3 is 4.74 Å². The van der Waals surface area contributed by atoms with Crippen LogP contribution >= 0.6 is 11.3 Å². The Bertz CT molecular complexity index is 1150. The molecule has 1 aliphatic rings. The molecule has 0 unspecified atom stereocenters. The lowest BCUT2D eigenvalue weighted by Gasteiger charge is -2.30. The molecule has 0 spiro atoms. The summed E-state index contributed by atoms with van der Waals surface area (Å²) < 4.78 is 84.5. The van der Waals surface area contributed by atoms with Gasteiger partial charge in [0.25, 0.3) is 5.19 Å². The fourth-order valence-electron chi connectivity index (χ4n) is 3.23. The van der Waals surface area contributed by atoms with E-state index in [1.165, 1.54) is 27.8 Å². The number of benzene rings is 2. The summed E-state index contributed by atoms with van der Waals surface area (Å²) in [6.07, 6.45) is -3.96. The van der Waals surface area contributed by atoms with Gasteiger partial charge in [0, 0.05) is 13.1 Å². The van der Waals surface area contributed by atoms with Crippen molar-refractivity contribution < 1.29 is 30.7 Å². The van der Waals surface area contributed by atoms with Gasteiger partial charge >= 0.3 is 6.18 Å². The third kappa shape index (κ3) is 4.28. The molecule has 1 aromatic heterocycles. The molecule has 5 nitrogen and oxygen atoms in total. The highest BCUT2D eigenvalue weighted by atomic mass is 32.2. The van der Waals surface area contributed by atoms with Gasteiger partial charge in [-0.25, -0.2) is 17.8 Å². The van der Waals surface area contributed by atoms with Gasteiger partial charge in [-0.15, -0.1) is 0 Å². The van der Waals surface area contributed by atoms with E-state index >= 15 is 0 Å². The van der Waals surface area contributed by atoms with Gasteiger partial charge in [-0.3, -0.25) is 0 Å². The van der Waals surface area contributed by atoms with Crippen molar-refractivity contribution >= 4 is 31.6 Å². The van der Waals surface area contributed by atoms with Crippen molar-refractivity contribution in [2.45, 2.75) is 30.0 Å². The zero-order valence-electron chi connectivity index (χ0n) is 15.4. The van der Waals surface area contributed by atoms with Gasteiger partial charge in [-0.1, -0.05) is 11.3 Å². The number of nitrogens with zero attached hydrogens (tertiary/aromatic N) is 2. The zero-order valence-corrected chi connectivity index (χ0v) is 17.0. The van der Waals surface area contributed by atoms with Gasteiger partial charge in [0.1, 0.15) is 11.9 Å². The van der Waals surface area contributed by atoms with Crippen molar-refractivity contribution in [1.29, 1.82) is 0 Å². The van der Waals surface area contributed by atoms with Crippen LogP contribution < -0.4 is 4.74 Å². The molecule has 0 bridgehead atoms. The molecule has 1 saturated heterocycles. The summed E-state index contributed by atoms with van der Waals surface area (Å²) in [6.45, 7) is 0.348. The lowest BCUT2D eigenvalue weighted by atomic mass is 10.1. The number of halogens is 4. The van der Waals surface area contributed by atoms with E-state index in [-0.39, 0.29) is 29.9 Å². The second-order valence-electron chi connectivity index (χ2n) is 6.84. The van der Waals surface area contributed by atoms with Crippen LogP contribution in [0, 0.1) is 5.82 Å². The van der Waals surface area contributed by atoms with E-state index in [9.17, 15) is 26.0 Å². The number of alkyl halides is 3. The highest BCUT2D eigenvalue weighted by Gasteiger charge is 2.33. The van der Waals surface area contributed by atoms with Crippen molar-refractivity contribution in [3.63, 3.8) is 0 Å². The van der Waals surface area contributed by atoms with Gasteiger partial charge in [0.15, 0.2) is 0 Å². The highest BCUT2D eigenvalue weighted by molar-refractivity contribution is 7.89. The molecule has 0 aliphatic carbocycles. The maximum atomic E-state index is 13.3. The first-order chi connectivity index (χ1) is 14.1. The zero-order chi connectivity index (χ0) is 21.5. The molecule has 1 aliphatic heterocycles. The fourth-order valence-corrected chi connectivity index (χ4v) is 5.60. The Morgan fingerprint density at radius 2 is 1.73 bits per heavy atom. The van der Waals surface area contributed by atoms with Crippen molar-refractivity contribution in [3.05, 3.63) is 53.8 Å². The Hall–Kier alpha value is -2.24. The molecule has 30 heavy (non-hydrogen) atoms. The molecular formula is C19H16F4N2O3S2. The minimum absolute atomic E-state index is 0.174. The quantitative estimate of drug-likeness (QED) is 0.531. The maximum absolute atomic E-state index is 13.3. The third-order valence-electron chi connectivity index (χ3n) is 4.82. The molecule has 0 atom stereocenters. The number of sulfonamides is 1. The fraction of sp³-hybridized carbons (Fsp3) is 0.316. The average Bonchev–Trinajstić information content (AvgIpc) is 3.09. The average molecular weight is 460 g/mol. The number of piperidine rings is 1. The normalized spacial score (nSPS) is 16.8. The number of hydrogen-bond acceptors (Lipinski definition) is 5. The first-order valence-electron chi connectivity index (χ1n) is 9.03. The summed E-state index contributed by atoms with van der Waals surface area (Å²) in [4.78, 5) is 4.12. The van der Waals surface area contributed by atoms with E-state index in [0.29, 0.717) is 28.3 Å². The molecular weight excluding hydrogens is 444 g/mol. The molecule has 1 fully saturated rings. The highest BCUT2D eigenvalue weighted by Crippen LogP contribution is 2.32.